The van der Waals surface area contributed by atoms with Crippen LogP contribution in [0.1, 0.15) is 29.8 Å². The van der Waals surface area contributed by atoms with Gasteiger partial charge in [-0.3, -0.25) is 4.79 Å². The predicted molar refractivity (Wildman–Crippen MR) is 62.3 cm³/mol. The Balaban J connectivity index is 2.37. The second kappa shape index (κ2) is 4.48. The van der Waals surface area contributed by atoms with Gasteiger partial charge in [0.2, 0.25) is 10.0 Å². The zero-order valence-electron chi connectivity index (χ0n) is 10.1. The Bertz CT molecular complexity index is 632. The number of nitrogens with one attached hydrogen (secondary N) is 2. The summed E-state index contributed by atoms with van der Waals surface area (Å²) in [6, 6.07) is 0.991. The van der Waals surface area contributed by atoms with E-state index >= 15 is 0 Å². The monoisotopic (exact) mass is 311 g/mol. The normalized spacial score (nSPS) is 18.6. The highest BCUT2D eigenvalue weighted by atomic mass is 32.2. The van der Waals surface area contributed by atoms with Gasteiger partial charge in [-0.2, -0.15) is 17.9 Å². The van der Waals surface area contributed by atoms with Gasteiger partial charge >= 0.3 is 6.18 Å². The van der Waals surface area contributed by atoms with Crippen LogP contribution in [-0.4, -0.2) is 31.0 Å². The van der Waals surface area contributed by atoms with Crippen molar-refractivity contribution in [3.05, 3.63) is 18.0 Å². The first-order valence-corrected chi connectivity index (χ1v) is 7.15. The average Bonchev–Trinajstić information content (AvgIpc) is 2.71. The lowest BCUT2D eigenvalue weighted by atomic mass is 9.77. The van der Waals surface area contributed by atoms with E-state index in [-0.39, 0.29) is 19.3 Å². The van der Waals surface area contributed by atoms with Crippen LogP contribution in [0.5, 0.6) is 0 Å². The first-order chi connectivity index (χ1) is 9.09. The van der Waals surface area contributed by atoms with E-state index in [9.17, 15) is 26.4 Å². The largest absolute Gasteiger partial charge is 0.407 e. The van der Waals surface area contributed by atoms with Crippen molar-refractivity contribution in [2.75, 3.05) is 0 Å². The summed E-state index contributed by atoms with van der Waals surface area (Å²) >= 11 is 0. The number of carbonyl (C=O) groups excluding carboxylic acids is 1. The molecule has 0 bridgehead atoms. The number of H-pyrrole nitrogens is 1. The Kier molecular flexibility index (Phi) is 3.33. The fourth-order valence-electron chi connectivity index (χ4n) is 2.06. The lowest BCUT2D eigenvalue weighted by Gasteiger charge is -2.43. The molecule has 4 N–H and O–H groups in total. The molecule has 0 saturated heterocycles. The van der Waals surface area contributed by atoms with Gasteiger partial charge in [0.15, 0.2) is 0 Å². The van der Waals surface area contributed by atoms with Crippen LogP contribution in [-0.2, 0) is 10.0 Å². The van der Waals surface area contributed by atoms with Crippen molar-refractivity contribution >= 4 is 15.9 Å². The van der Waals surface area contributed by atoms with Crippen LogP contribution in [0.4, 0.5) is 13.2 Å². The number of hydrogen-bond acceptors (Lipinski definition) is 3. The lowest BCUT2D eigenvalue weighted by Crippen LogP contribution is -2.62. The van der Waals surface area contributed by atoms with Crippen LogP contribution < -0.4 is 10.5 Å². The Morgan fingerprint density at radius 1 is 1.40 bits per heavy atom. The van der Waals surface area contributed by atoms with E-state index in [0.29, 0.717) is 0 Å². The van der Waals surface area contributed by atoms with Gasteiger partial charge in [0.1, 0.15) is 16.1 Å². The van der Waals surface area contributed by atoms with Crippen molar-refractivity contribution in [1.29, 1.82) is 0 Å². The second-order valence-corrected chi connectivity index (χ2v) is 6.27. The molecule has 0 aromatic carbocycles. The predicted octanol–water partition coefficient (Wildman–Crippen LogP) is 0.877. The first-order valence-electron chi connectivity index (χ1n) is 5.67. The molecule has 0 spiro atoms. The SMILES string of the molecule is NC(=O)c1[nH]ccc1S(=O)(=O)NC1(C(F)(F)F)CCC1. The number of halogens is 3. The molecule has 0 radical (unpaired) electrons. The molecule has 1 aliphatic carbocycles. The topological polar surface area (TPSA) is 105 Å². The molecule has 0 aliphatic heterocycles. The number of nitrogens with two attached hydrogens (primary N) is 1. The minimum absolute atomic E-state index is 0.276. The summed E-state index contributed by atoms with van der Waals surface area (Å²) < 4.78 is 64.6. The van der Waals surface area contributed by atoms with E-state index < -0.39 is 38.2 Å². The highest BCUT2D eigenvalue weighted by Crippen LogP contribution is 2.46. The molecule has 6 nitrogen and oxygen atoms in total. The molecule has 20 heavy (non-hydrogen) atoms. The molecular formula is C10H12F3N3O3S. The van der Waals surface area contributed by atoms with Crippen LogP contribution in [0.2, 0.25) is 0 Å². The maximum Gasteiger partial charge on any atom is 0.407 e. The third-order valence-electron chi connectivity index (χ3n) is 3.32. The second-order valence-electron chi connectivity index (χ2n) is 4.62. The van der Waals surface area contributed by atoms with E-state index in [1.54, 1.807) is 4.72 Å². The van der Waals surface area contributed by atoms with Crippen molar-refractivity contribution in [1.82, 2.24) is 9.71 Å². The standard InChI is InChI=1S/C10H12F3N3O3S/c11-10(12,13)9(3-1-4-9)16-20(18,19)6-2-5-15-7(6)8(14)17/h2,5,15-16H,1,3-4H2,(H2,14,17). The highest BCUT2D eigenvalue weighted by molar-refractivity contribution is 7.89. The van der Waals surface area contributed by atoms with E-state index in [4.69, 9.17) is 5.73 Å². The summed E-state index contributed by atoms with van der Waals surface area (Å²) in [7, 11) is -4.50. The van der Waals surface area contributed by atoms with Crippen molar-refractivity contribution < 1.29 is 26.4 Å². The van der Waals surface area contributed by atoms with Gasteiger partial charge in [0.25, 0.3) is 5.91 Å². The Morgan fingerprint density at radius 2 is 2.00 bits per heavy atom. The highest BCUT2D eigenvalue weighted by Gasteiger charge is 2.60. The van der Waals surface area contributed by atoms with Crippen LogP contribution in [0, 0.1) is 0 Å². The molecule has 10 heteroatoms. The molecule has 1 amide bonds. The molecule has 1 fully saturated rings. The van der Waals surface area contributed by atoms with Gasteiger partial charge in [-0.05, 0) is 25.3 Å². The van der Waals surface area contributed by atoms with E-state index in [1.165, 1.54) is 0 Å². The number of primary amides is 1. The summed E-state index contributed by atoms with van der Waals surface area (Å²) in [5, 5.41) is 0. The fourth-order valence-corrected chi connectivity index (χ4v) is 3.68. The van der Waals surface area contributed by atoms with E-state index in [1.807, 2.05) is 0 Å². The van der Waals surface area contributed by atoms with E-state index in [2.05, 4.69) is 4.98 Å². The van der Waals surface area contributed by atoms with Gasteiger partial charge in [0, 0.05) is 6.20 Å². The number of amides is 1. The van der Waals surface area contributed by atoms with Crippen molar-refractivity contribution in [3.8, 4) is 0 Å². The zero-order valence-corrected chi connectivity index (χ0v) is 10.9. The van der Waals surface area contributed by atoms with Crippen molar-refractivity contribution in [3.63, 3.8) is 0 Å². The fraction of sp³-hybridized carbons (Fsp3) is 0.500. The summed E-state index contributed by atoms with van der Waals surface area (Å²) in [5.41, 5.74) is 2.06. The molecule has 0 atom stereocenters. The molecule has 1 saturated carbocycles. The van der Waals surface area contributed by atoms with Crippen LogP contribution >= 0.6 is 0 Å². The molecule has 0 unspecified atom stereocenters. The molecular weight excluding hydrogens is 299 g/mol. The Morgan fingerprint density at radius 3 is 2.40 bits per heavy atom. The van der Waals surface area contributed by atoms with Gasteiger partial charge in [-0.15, -0.1) is 0 Å². The lowest BCUT2D eigenvalue weighted by molar-refractivity contribution is -0.212. The minimum Gasteiger partial charge on any atom is -0.364 e. The Hall–Kier alpha value is -1.55. The third-order valence-corrected chi connectivity index (χ3v) is 4.90. The van der Waals surface area contributed by atoms with Crippen molar-refractivity contribution in [2.45, 2.75) is 35.9 Å². The molecule has 1 aromatic rings. The maximum atomic E-state index is 13.0. The molecule has 2 rings (SSSR count). The quantitative estimate of drug-likeness (QED) is 0.768. The van der Waals surface area contributed by atoms with Gasteiger partial charge in [-0.25, -0.2) is 8.42 Å². The summed E-state index contributed by atoms with van der Waals surface area (Å²) in [5.74, 6) is -1.06. The summed E-state index contributed by atoms with van der Waals surface area (Å²) in [6.45, 7) is 0. The molecule has 1 aromatic heterocycles. The van der Waals surface area contributed by atoms with Crippen LogP contribution in [0.3, 0.4) is 0 Å². The van der Waals surface area contributed by atoms with Crippen LogP contribution in [0.25, 0.3) is 0 Å². The molecule has 112 valence electrons. The summed E-state index contributed by atoms with van der Waals surface area (Å²) in [4.78, 5) is 12.8. The van der Waals surface area contributed by atoms with Gasteiger partial charge < -0.3 is 10.7 Å². The number of aromatic nitrogens is 1. The van der Waals surface area contributed by atoms with Gasteiger partial charge in [-0.1, -0.05) is 0 Å². The van der Waals surface area contributed by atoms with Gasteiger partial charge in [0.05, 0.1) is 0 Å². The number of sulfonamides is 1. The van der Waals surface area contributed by atoms with Crippen molar-refractivity contribution in [2.24, 2.45) is 5.73 Å². The average molecular weight is 311 g/mol. The summed E-state index contributed by atoms with van der Waals surface area (Å²) in [6.07, 6.45) is -3.95. The Labute approximate surface area is 112 Å². The number of carbonyl (C=O) groups is 1. The number of rotatable bonds is 4. The minimum atomic E-state index is -4.69. The molecule has 1 heterocycles. The number of aromatic amines is 1. The smallest absolute Gasteiger partial charge is 0.364 e. The maximum absolute atomic E-state index is 13.0. The number of alkyl halides is 3. The van der Waals surface area contributed by atoms with Crippen LogP contribution in [0.15, 0.2) is 17.2 Å². The van der Waals surface area contributed by atoms with E-state index in [0.717, 1.165) is 12.3 Å². The third kappa shape index (κ3) is 2.29. The number of hydrogen-bond donors (Lipinski definition) is 3. The zero-order chi connectivity index (χ0) is 15.2. The molecule has 1 aliphatic rings. The first kappa shape index (κ1) is 14.9.